The molecule has 0 bridgehead atoms. The van der Waals surface area contributed by atoms with E-state index in [4.69, 9.17) is 4.74 Å². The van der Waals surface area contributed by atoms with Gasteiger partial charge in [0.05, 0.1) is 6.20 Å². The van der Waals surface area contributed by atoms with Crippen LogP contribution in [0, 0.1) is 5.92 Å². The molecule has 1 amide bonds. The molecular formula is C19H23N3O2. The summed E-state index contributed by atoms with van der Waals surface area (Å²) in [5, 5.41) is 4.21. The number of rotatable bonds is 4. The highest BCUT2D eigenvalue weighted by atomic mass is 16.5. The fourth-order valence-electron chi connectivity index (χ4n) is 3.59. The molecule has 1 aromatic heterocycles. The standard InChI is InChI=1S/C19H23N3O2/c1-21-13-14(12-20-21)17-11-18(17)19(23)22-9-7-16(8-10-22)24-15-5-3-2-4-6-15/h2-6,12-13,16-18H,7-11H2,1H3/t17-,18-/m0/s1. The van der Waals surface area contributed by atoms with Gasteiger partial charge in [-0.15, -0.1) is 0 Å². The zero-order chi connectivity index (χ0) is 16.5. The van der Waals surface area contributed by atoms with Crippen molar-refractivity contribution in [3.63, 3.8) is 0 Å². The Morgan fingerprint density at radius 1 is 1.21 bits per heavy atom. The summed E-state index contributed by atoms with van der Waals surface area (Å²) in [6, 6.07) is 9.93. The molecule has 2 atom stereocenters. The highest BCUT2D eigenvalue weighted by Gasteiger charge is 2.46. The molecule has 0 N–H and O–H groups in total. The predicted molar refractivity (Wildman–Crippen MR) is 90.7 cm³/mol. The van der Waals surface area contributed by atoms with Crippen LogP contribution in [0.15, 0.2) is 42.7 Å². The fraction of sp³-hybridized carbons (Fsp3) is 0.474. The lowest BCUT2D eigenvalue weighted by Crippen LogP contribution is -2.42. The molecule has 4 rings (SSSR count). The minimum absolute atomic E-state index is 0.154. The Hall–Kier alpha value is -2.30. The van der Waals surface area contributed by atoms with Crippen LogP contribution in [0.3, 0.4) is 0 Å². The summed E-state index contributed by atoms with van der Waals surface area (Å²) in [5.41, 5.74) is 1.19. The number of likely N-dealkylation sites (tertiary alicyclic amines) is 1. The van der Waals surface area contributed by atoms with Crippen molar-refractivity contribution in [2.24, 2.45) is 13.0 Å². The zero-order valence-corrected chi connectivity index (χ0v) is 14.0. The monoisotopic (exact) mass is 325 g/mol. The number of aromatic nitrogens is 2. The smallest absolute Gasteiger partial charge is 0.226 e. The van der Waals surface area contributed by atoms with Gasteiger partial charge in [-0.3, -0.25) is 9.48 Å². The van der Waals surface area contributed by atoms with Gasteiger partial charge < -0.3 is 9.64 Å². The molecule has 0 radical (unpaired) electrons. The Morgan fingerprint density at radius 3 is 2.62 bits per heavy atom. The Bertz CT molecular complexity index is 704. The summed E-state index contributed by atoms with van der Waals surface area (Å²) in [5.74, 6) is 1.74. The average Bonchev–Trinajstić information content (AvgIpc) is 3.30. The number of amides is 1. The largest absolute Gasteiger partial charge is 0.490 e. The van der Waals surface area contributed by atoms with E-state index in [2.05, 4.69) is 5.10 Å². The lowest BCUT2D eigenvalue weighted by Gasteiger charge is -2.32. The van der Waals surface area contributed by atoms with Gasteiger partial charge in [-0.25, -0.2) is 0 Å². The lowest BCUT2D eigenvalue weighted by atomic mass is 10.1. The summed E-state index contributed by atoms with van der Waals surface area (Å²) in [4.78, 5) is 14.7. The van der Waals surface area contributed by atoms with E-state index in [-0.39, 0.29) is 12.0 Å². The zero-order valence-electron chi connectivity index (χ0n) is 14.0. The van der Waals surface area contributed by atoms with E-state index in [1.165, 1.54) is 5.56 Å². The third kappa shape index (κ3) is 3.16. The predicted octanol–water partition coefficient (Wildman–Crippen LogP) is 2.59. The van der Waals surface area contributed by atoms with E-state index < -0.39 is 0 Å². The molecule has 5 nitrogen and oxygen atoms in total. The molecule has 0 spiro atoms. The molecule has 1 aliphatic heterocycles. The molecule has 1 saturated heterocycles. The number of benzene rings is 1. The van der Waals surface area contributed by atoms with Crippen molar-refractivity contribution in [1.29, 1.82) is 0 Å². The highest BCUT2D eigenvalue weighted by molar-refractivity contribution is 5.83. The molecule has 1 aliphatic carbocycles. The normalized spacial score (nSPS) is 24.0. The van der Waals surface area contributed by atoms with Crippen LogP contribution in [-0.2, 0) is 11.8 Å². The molecule has 126 valence electrons. The van der Waals surface area contributed by atoms with Crippen molar-refractivity contribution in [3.8, 4) is 5.75 Å². The lowest BCUT2D eigenvalue weighted by molar-refractivity contribution is -0.134. The van der Waals surface area contributed by atoms with Crippen molar-refractivity contribution in [2.45, 2.75) is 31.3 Å². The van der Waals surface area contributed by atoms with Crippen LogP contribution in [-0.4, -0.2) is 39.8 Å². The van der Waals surface area contributed by atoms with Crippen molar-refractivity contribution < 1.29 is 9.53 Å². The second-order valence-corrected chi connectivity index (χ2v) is 6.85. The Labute approximate surface area is 142 Å². The Morgan fingerprint density at radius 2 is 1.96 bits per heavy atom. The van der Waals surface area contributed by atoms with Gasteiger partial charge in [0.25, 0.3) is 0 Å². The van der Waals surface area contributed by atoms with Crippen LogP contribution < -0.4 is 4.74 Å². The van der Waals surface area contributed by atoms with Crippen LogP contribution in [0.5, 0.6) is 5.75 Å². The maximum atomic E-state index is 12.7. The molecule has 2 aliphatic rings. The quantitative estimate of drug-likeness (QED) is 0.868. The van der Waals surface area contributed by atoms with Crippen molar-refractivity contribution in [3.05, 3.63) is 48.3 Å². The number of carbonyl (C=O) groups excluding carboxylic acids is 1. The Kier molecular flexibility index (Phi) is 4.00. The number of ether oxygens (including phenoxy) is 1. The molecule has 2 heterocycles. The maximum absolute atomic E-state index is 12.7. The molecular weight excluding hydrogens is 302 g/mol. The average molecular weight is 325 g/mol. The molecule has 0 unspecified atom stereocenters. The molecule has 2 fully saturated rings. The number of hydrogen-bond acceptors (Lipinski definition) is 3. The molecule has 1 saturated carbocycles. The fourth-order valence-corrected chi connectivity index (χ4v) is 3.59. The first-order valence-electron chi connectivity index (χ1n) is 8.70. The van der Waals surface area contributed by atoms with Gasteiger partial charge >= 0.3 is 0 Å². The van der Waals surface area contributed by atoms with Gasteiger partial charge in [-0.2, -0.15) is 5.10 Å². The van der Waals surface area contributed by atoms with E-state index in [0.717, 1.165) is 38.1 Å². The summed E-state index contributed by atoms with van der Waals surface area (Å²) < 4.78 is 7.81. The second-order valence-electron chi connectivity index (χ2n) is 6.85. The number of aryl methyl sites for hydroxylation is 1. The van der Waals surface area contributed by atoms with Gasteiger partial charge in [0, 0.05) is 45.1 Å². The van der Waals surface area contributed by atoms with Crippen LogP contribution >= 0.6 is 0 Å². The summed E-state index contributed by atoms with van der Waals surface area (Å²) in [6.07, 6.45) is 6.90. The Balaban J connectivity index is 1.28. The summed E-state index contributed by atoms with van der Waals surface area (Å²) in [7, 11) is 1.92. The molecule has 1 aromatic carbocycles. The minimum atomic E-state index is 0.154. The van der Waals surface area contributed by atoms with Crippen molar-refractivity contribution >= 4 is 5.91 Å². The van der Waals surface area contributed by atoms with Crippen LogP contribution in [0.25, 0.3) is 0 Å². The molecule has 2 aromatic rings. The SMILES string of the molecule is Cn1cc([C@@H]2C[C@@H]2C(=O)N2CCC(Oc3ccccc3)CC2)cn1. The van der Waals surface area contributed by atoms with E-state index in [9.17, 15) is 4.79 Å². The van der Waals surface area contributed by atoms with Gasteiger partial charge in [0.15, 0.2) is 0 Å². The molecule has 5 heteroatoms. The van der Waals surface area contributed by atoms with Crippen molar-refractivity contribution in [2.75, 3.05) is 13.1 Å². The summed E-state index contributed by atoms with van der Waals surface area (Å²) >= 11 is 0. The van der Waals surface area contributed by atoms with Crippen LogP contribution in [0.1, 0.15) is 30.7 Å². The van der Waals surface area contributed by atoms with Gasteiger partial charge in [-0.1, -0.05) is 18.2 Å². The van der Waals surface area contributed by atoms with Gasteiger partial charge in [0.2, 0.25) is 5.91 Å². The number of para-hydroxylation sites is 1. The topological polar surface area (TPSA) is 47.4 Å². The van der Waals surface area contributed by atoms with E-state index in [0.29, 0.717) is 11.8 Å². The number of nitrogens with zero attached hydrogens (tertiary/aromatic N) is 3. The third-order valence-corrected chi connectivity index (χ3v) is 5.06. The summed E-state index contributed by atoms with van der Waals surface area (Å²) in [6.45, 7) is 1.60. The van der Waals surface area contributed by atoms with E-state index >= 15 is 0 Å². The van der Waals surface area contributed by atoms with Crippen LogP contribution in [0.4, 0.5) is 0 Å². The second kappa shape index (κ2) is 6.30. The maximum Gasteiger partial charge on any atom is 0.226 e. The minimum Gasteiger partial charge on any atom is -0.490 e. The third-order valence-electron chi connectivity index (χ3n) is 5.06. The number of piperidine rings is 1. The van der Waals surface area contributed by atoms with Crippen LogP contribution in [0.2, 0.25) is 0 Å². The first kappa shape index (κ1) is 15.2. The first-order valence-corrected chi connectivity index (χ1v) is 8.70. The van der Waals surface area contributed by atoms with Gasteiger partial charge in [-0.05, 0) is 30.0 Å². The van der Waals surface area contributed by atoms with Gasteiger partial charge in [0.1, 0.15) is 11.9 Å². The first-order chi connectivity index (χ1) is 11.7. The van der Waals surface area contributed by atoms with E-state index in [1.54, 1.807) is 0 Å². The van der Waals surface area contributed by atoms with Crippen molar-refractivity contribution in [1.82, 2.24) is 14.7 Å². The number of carbonyl (C=O) groups is 1. The molecule has 24 heavy (non-hydrogen) atoms. The van der Waals surface area contributed by atoms with E-state index in [1.807, 2.05) is 59.4 Å². The highest BCUT2D eigenvalue weighted by Crippen LogP contribution is 2.48. The number of hydrogen-bond donors (Lipinski definition) is 0.